The third-order valence-corrected chi connectivity index (χ3v) is 5.97. The van der Waals surface area contributed by atoms with Crippen molar-refractivity contribution in [1.29, 1.82) is 0 Å². The molecule has 0 atom stereocenters. The molecule has 0 aliphatic carbocycles. The number of H-pyrrole nitrogens is 1. The molecule has 0 radical (unpaired) electrons. The minimum absolute atomic E-state index is 0.145. The molecule has 3 aromatic heterocycles. The van der Waals surface area contributed by atoms with Crippen LogP contribution in [-0.4, -0.2) is 29.8 Å². The van der Waals surface area contributed by atoms with Gasteiger partial charge < -0.3 is 10.1 Å². The van der Waals surface area contributed by atoms with Crippen LogP contribution >= 0.6 is 15.9 Å². The van der Waals surface area contributed by atoms with E-state index in [4.69, 9.17) is 0 Å². The number of pyridine rings is 1. The maximum Gasteiger partial charge on any atom is 0.417 e. The van der Waals surface area contributed by atoms with E-state index in [0.29, 0.717) is 35.6 Å². The Kier molecular flexibility index (Phi) is 5.60. The SMILES string of the molecule is Oc1c(CCc2ccc(Br)cc2)c(-c2ccc(C(F)(F)F)cn2)nn1-c1nc2ccccc2[nH]1. The van der Waals surface area contributed by atoms with Crippen molar-refractivity contribution in [3.05, 3.63) is 88.0 Å². The highest BCUT2D eigenvalue weighted by molar-refractivity contribution is 9.10. The van der Waals surface area contributed by atoms with E-state index in [1.165, 1.54) is 10.7 Å². The molecule has 5 aromatic rings. The Morgan fingerprint density at radius 1 is 0.971 bits per heavy atom. The lowest BCUT2D eigenvalue weighted by Gasteiger charge is -2.07. The Bertz CT molecular complexity index is 1420. The fourth-order valence-electron chi connectivity index (χ4n) is 3.69. The number of aryl methyl sites for hydroxylation is 1. The quantitative estimate of drug-likeness (QED) is 0.290. The summed E-state index contributed by atoms with van der Waals surface area (Å²) in [7, 11) is 0. The number of benzene rings is 2. The van der Waals surface area contributed by atoms with Crippen LogP contribution in [0.3, 0.4) is 0 Å². The van der Waals surface area contributed by atoms with E-state index in [-0.39, 0.29) is 11.6 Å². The Morgan fingerprint density at radius 2 is 1.74 bits per heavy atom. The van der Waals surface area contributed by atoms with Crippen molar-refractivity contribution >= 4 is 27.0 Å². The molecule has 34 heavy (non-hydrogen) atoms. The van der Waals surface area contributed by atoms with Gasteiger partial charge in [0.2, 0.25) is 11.8 Å². The van der Waals surface area contributed by atoms with E-state index in [1.54, 1.807) is 0 Å². The third kappa shape index (κ3) is 4.28. The van der Waals surface area contributed by atoms with Crippen molar-refractivity contribution in [2.24, 2.45) is 0 Å². The molecule has 6 nitrogen and oxygen atoms in total. The number of aromatic amines is 1. The number of aromatic nitrogens is 5. The number of alkyl halides is 3. The van der Waals surface area contributed by atoms with Gasteiger partial charge in [-0.2, -0.15) is 23.0 Å². The van der Waals surface area contributed by atoms with Gasteiger partial charge in [0.25, 0.3) is 0 Å². The van der Waals surface area contributed by atoms with Crippen LogP contribution in [-0.2, 0) is 19.0 Å². The first-order chi connectivity index (χ1) is 16.3. The molecule has 0 amide bonds. The Balaban J connectivity index is 1.57. The largest absolute Gasteiger partial charge is 0.493 e. The summed E-state index contributed by atoms with van der Waals surface area (Å²) in [6.07, 6.45) is -2.75. The van der Waals surface area contributed by atoms with Gasteiger partial charge in [0.05, 0.1) is 22.3 Å². The lowest BCUT2D eigenvalue weighted by atomic mass is 10.0. The number of nitrogens with one attached hydrogen (secondary N) is 1. The summed E-state index contributed by atoms with van der Waals surface area (Å²) in [4.78, 5) is 11.6. The molecule has 3 heterocycles. The van der Waals surface area contributed by atoms with Crippen molar-refractivity contribution in [3.63, 3.8) is 0 Å². The average molecular weight is 528 g/mol. The first-order valence-corrected chi connectivity index (χ1v) is 11.1. The van der Waals surface area contributed by atoms with Crippen LogP contribution in [0.4, 0.5) is 13.2 Å². The van der Waals surface area contributed by atoms with E-state index in [2.05, 4.69) is 36.0 Å². The lowest BCUT2D eigenvalue weighted by molar-refractivity contribution is -0.137. The molecule has 2 N–H and O–H groups in total. The zero-order chi connectivity index (χ0) is 23.9. The molecule has 5 rings (SSSR count). The number of hydrogen-bond acceptors (Lipinski definition) is 4. The second-order valence-electron chi connectivity index (χ2n) is 7.70. The van der Waals surface area contributed by atoms with Crippen LogP contribution in [0.25, 0.3) is 28.4 Å². The average Bonchev–Trinajstić information content (AvgIpc) is 3.39. The summed E-state index contributed by atoms with van der Waals surface area (Å²) in [6, 6.07) is 17.3. The second kappa shape index (κ2) is 8.60. The van der Waals surface area contributed by atoms with Crippen LogP contribution in [0.2, 0.25) is 0 Å². The number of aromatic hydroxyl groups is 1. The van der Waals surface area contributed by atoms with Gasteiger partial charge in [0, 0.05) is 16.2 Å². The molecule has 0 aliphatic heterocycles. The molecule has 2 aromatic carbocycles. The summed E-state index contributed by atoms with van der Waals surface area (Å²) >= 11 is 3.41. The number of para-hydroxylation sites is 2. The standard InChI is InChI=1S/C24H17BrF3N5O/c25-16-9-5-14(6-10-16)7-11-17-21(20-12-8-15(13-29-20)24(26,27)28)32-33(22(17)34)23-30-18-3-1-2-4-19(18)31-23/h1-6,8-10,12-13,34H,7,11H2,(H,30,31). The Labute approximate surface area is 200 Å². The maximum absolute atomic E-state index is 13.0. The van der Waals surface area contributed by atoms with Crippen molar-refractivity contribution < 1.29 is 18.3 Å². The fourth-order valence-corrected chi connectivity index (χ4v) is 3.95. The van der Waals surface area contributed by atoms with E-state index < -0.39 is 11.7 Å². The van der Waals surface area contributed by atoms with E-state index >= 15 is 0 Å². The van der Waals surface area contributed by atoms with Crippen LogP contribution in [0.15, 0.2) is 71.3 Å². The highest BCUT2D eigenvalue weighted by Crippen LogP contribution is 2.34. The highest BCUT2D eigenvalue weighted by Gasteiger charge is 2.31. The number of nitrogens with zero attached hydrogens (tertiary/aromatic N) is 4. The minimum atomic E-state index is -4.49. The summed E-state index contributed by atoms with van der Waals surface area (Å²) in [6.45, 7) is 0. The molecular weight excluding hydrogens is 511 g/mol. The van der Waals surface area contributed by atoms with Crippen molar-refractivity contribution in [1.82, 2.24) is 24.7 Å². The van der Waals surface area contributed by atoms with Crippen molar-refractivity contribution in [2.45, 2.75) is 19.0 Å². The van der Waals surface area contributed by atoms with Gasteiger partial charge in [0.1, 0.15) is 5.69 Å². The Morgan fingerprint density at radius 3 is 2.41 bits per heavy atom. The minimum Gasteiger partial charge on any atom is -0.493 e. The molecule has 0 saturated carbocycles. The fraction of sp³-hybridized carbons (Fsp3) is 0.125. The van der Waals surface area contributed by atoms with Gasteiger partial charge in [-0.3, -0.25) is 4.98 Å². The Hall–Kier alpha value is -3.66. The van der Waals surface area contributed by atoms with Gasteiger partial charge >= 0.3 is 6.18 Å². The highest BCUT2D eigenvalue weighted by atomic mass is 79.9. The van der Waals surface area contributed by atoms with Gasteiger partial charge in [0.15, 0.2) is 0 Å². The van der Waals surface area contributed by atoms with E-state index in [0.717, 1.165) is 27.8 Å². The first-order valence-electron chi connectivity index (χ1n) is 10.3. The van der Waals surface area contributed by atoms with E-state index in [9.17, 15) is 18.3 Å². The molecule has 0 saturated heterocycles. The smallest absolute Gasteiger partial charge is 0.417 e. The summed E-state index contributed by atoms with van der Waals surface area (Å²) in [5, 5.41) is 15.6. The number of rotatable bonds is 5. The van der Waals surface area contributed by atoms with Gasteiger partial charge in [-0.25, -0.2) is 4.98 Å². The topological polar surface area (TPSA) is 79.6 Å². The molecule has 10 heteroatoms. The molecule has 0 spiro atoms. The molecule has 0 fully saturated rings. The molecule has 172 valence electrons. The number of hydrogen-bond donors (Lipinski definition) is 2. The van der Waals surface area contributed by atoms with Crippen LogP contribution < -0.4 is 0 Å². The maximum atomic E-state index is 13.0. The third-order valence-electron chi connectivity index (χ3n) is 5.44. The number of halogens is 4. The molecular formula is C24H17BrF3N5O. The molecule has 0 aliphatic rings. The second-order valence-corrected chi connectivity index (χ2v) is 8.61. The predicted molar refractivity (Wildman–Crippen MR) is 125 cm³/mol. The van der Waals surface area contributed by atoms with Crippen molar-refractivity contribution in [2.75, 3.05) is 0 Å². The first kappa shape index (κ1) is 22.1. The number of fused-ring (bicyclic) bond motifs is 1. The lowest BCUT2D eigenvalue weighted by Crippen LogP contribution is -2.05. The van der Waals surface area contributed by atoms with E-state index in [1.807, 2.05) is 48.5 Å². The zero-order valence-corrected chi connectivity index (χ0v) is 19.1. The molecule has 0 bridgehead atoms. The van der Waals surface area contributed by atoms with Crippen LogP contribution in [0.5, 0.6) is 5.88 Å². The number of imidazole rings is 1. The van der Waals surface area contributed by atoms with Gasteiger partial charge in [-0.15, -0.1) is 0 Å². The zero-order valence-electron chi connectivity index (χ0n) is 17.5. The summed E-state index contributed by atoms with van der Waals surface area (Å²) in [5.74, 6) is 0.148. The monoisotopic (exact) mass is 527 g/mol. The van der Waals surface area contributed by atoms with Gasteiger partial charge in [-0.1, -0.05) is 40.2 Å². The molecule has 0 unspecified atom stereocenters. The van der Waals surface area contributed by atoms with Crippen LogP contribution in [0, 0.1) is 0 Å². The summed E-state index contributed by atoms with van der Waals surface area (Å²) < 4.78 is 41.2. The van der Waals surface area contributed by atoms with Gasteiger partial charge in [-0.05, 0) is 54.8 Å². The normalized spacial score (nSPS) is 11.9. The van der Waals surface area contributed by atoms with Crippen LogP contribution in [0.1, 0.15) is 16.7 Å². The predicted octanol–water partition coefficient (Wildman–Crippen LogP) is 6.08. The van der Waals surface area contributed by atoms with Crippen molar-refractivity contribution in [3.8, 4) is 23.2 Å². The summed E-state index contributed by atoms with van der Waals surface area (Å²) in [5.41, 5.74) is 2.62.